The van der Waals surface area contributed by atoms with Crippen LogP contribution in [0.25, 0.3) is 0 Å². The molecule has 1 atom stereocenters. The van der Waals surface area contributed by atoms with Crippen LogP contribution in [0.2, 0.25) is 0 Å². The van der Waals surface area contributed by atoms with Crippen LogP contribution in [-0.2, 0) is 9.53 Å². The van der Waals surface area contributed by atoms with Crippen LogP contribution in [-0.4, -0.2) is 55.9 Å². The summed E-state index contributed by atoms with van der Waals surface area (Å²) in [6.45, 7) is 2.11. The molecule has 2 heterocycles. The smallest absolute Gasteiger partial charge is 0.375 e. The van der Waals surface area contributed by atoms with Gasteiger partial charge in [-0.2, -0.15) is 13.2 Å². The molecule has 7 heteroatoms. The first-order valence-electron chi connectivity index (χ1n) is 6.33. The van der Waals surface area contributed by atoms with E-state index in [1.807, 2.05) is 0 Å². The molecule has 19 heavy (non-hydrogen) atoms. The molecular weight excluding hydrogens is 261 g/mol. The summed E-state index contributed by atoms with van der Waals surface area (Å²) in [5, 5.41) is 3.11. The monoisotopic (exact) mass is 278 g/mol. The maximum atomic E-state index is 12.4. The fraction of sp³-hybridized carbons (Fsp3) is 0.750. The quantitative estimate of drug-likeness (QED) is 0.769. The second-order valence-electron chi connectivity index (χ2n) is 4.72. The number of hydrogen-bond acceptors (Lipinski definition) is 3. The first kappa shape index (κ1) is 14.3. The van der Waals surface area contributed by atoms with Gasteiger partial charge in [-0.1, -0.05) is 6.08 Å². The van der Waals surface area contributed by atoms with Crippen molar-refractivity contribution in [2.24, 2.45) is 0 Å². The van der Waals surface area contributed by atoms with Crippen LogP contribution < -0.4 is 5.32 Å². The molecule has 2 aliphatic heterocycles. The topological polar surface area (TPSA) is 41.6 Å². The molecule has 0 aromatic carbocycles. The van der Waals surface area contributed by atoms with Gasteiger partial charge in [-0.05, 0) is 6.42 Å². The lowest BCUT2D eigenvalue weighted by atomic mass is 10.1. The van der Waals surface area contributed by atoms with E-state index in [1.165, 1.54) is 4.90 Å². The van der Waals surface area contributed by atoms with Crippen molar-refractivity contribution in [3.05, 3.63) is 11.6 Å². The minimum Gasteiger partial charge on any atom is -0.375 e. The third-order valence-corrected chi connectivity index (χ3v) is 3.33. The summed E-state index contributed by atoms with van der Waals surface area (Å²) >= 11 is 0. The molecule has 0 saturated carbocycles. The number of nitrogens with zero attached hydrogens (tertiary/aromatic N) is 1. The van der Waals surface area contributed by atoms with Gasteiger partial charge in [0.15, 0.2) is 0 Å². The van der Waals surface area contributed by atoms with E-state index in [0.717, 1.165) is 12.6 Å². The van der Waals surface area contributed by atoms with Crippen molar-refractivity contribution in [2.45, 2.75) is 25.1 Å². The lowest BCUT2D eigenvalue weighted by Gasteiger charge is -2.30. The van der Waals surface area contributed by atoms with Gasteiger partial charge in [0.05, 0.1) is 19.1 Å². The summed E-state index contributed by atoms with van der Waals surface area (Å²) in [6.07, 6.45) is -3.25. The van der Waals surface area contributed by atoms with Crippen molar-refractivity contribution in [3.63, 3.8) is 0 Å². The third kappa shape index (κ3) is 3.94. The van der Waals surface area contributed by atoms with Crippen LogP contribution >= 0.6 is 0 Å². The zero-order valence-corrected chi connectivity index (χ0v) is 10.5. The first-order valence-corrected chi connectivity index (χ1v) is 6.33. The molecule has 4 nitrogen and oxygen atoms in total. The molecule has 2 rings (SSSR count). The van der Waals surface area contributed by atoms with E-state index in [-0.39, 0.29) is 37.9 Å². The van der Waals surface area contributed by atoms with Crippen LogP contribution in [0.3, 0.4) is 0 Å². The Morgan fingerprint density at radius 1 is 1.53 bits per heavy atom. The lowest BCUT2D eigenvalue weighted by Crippen LogP contribution is -2.43. The van der Waals surface area contributed by atoms with Gasteiger partial charge in [-0.15, -0.1) is 0 Å². The largest absolute Gasteiger partial charge is 0.412 e. The molecule has 2 aliphatic rings. The van der Waals surface area contributed by atoms with Crippen molar-refractivity contribution >= 4 is 5.91 Å². The van der Waals surface area contributed by atoms with E-state index >= 15 is 0 Å². The van der Waals surface area contributed by atoms with Crippen LogP contribution in [0, 0.1) is 0 Å². The minimum atomic E-state index is -4.27. The minimum absolute atomic E-state index is 0.0355. The molecule has 0 aromatic rings. The van der Waals surface area contributed by atoms with Gasteiger partial charge in [0.25, 0.3) is 0 Å². The number of alkyl halides is 3. The Bertz CT molecular complexity index is 362. The number of rotatable bonds is 2. The number of morpholine rings is 1. The molecule has 0 aliphatic carbocycles. The summed E-state index contributed by atoms with van der Waals surface area (Å²) in [6, 6.07) is 0. The molecule has 1 unspecified atom stereocenters. The van der Waals surface area contributed by atoms with E-state index in [4.69, 9.17) is 4.74 Å². The van der Waals surface area contributed by atoms with Crippen LogP contribution in [0.5, 0.6) is 0 Å². The van der Waals surface area contributed by atoms with Crippen LogP contribution in [0.1, 0.15) is 12.8 Å². The van der Waals surface area contributed by atoms with Gasteiger partial charge in [-0.3, -0.25) is 4.79 Å². The highest BCUT2D eigenvalue weighted by atomic mass is 19.4. The Hall–Kier alpha value is -1.08. The fourth-order valence-electron chi connectivity index (χ4n) is 2.23. The molecular formula is C12H17F3N2O2. The summed E-state index contributed by atoms with van der Waals surface area (Å²) in [7, 11) is 0. The number of halogens is 3. The van der Waals surface area contributed by atoms with Gasteiger partial charge in [0.2, 0.25) is 5.91 Å². The predicted molar refractivity (Wildman–Crippen MR) is 62.6 cm³/mol. The Morgan fingerprint density at radius 2 is 2.32 bits per heavy atom. The molecule has 1 amide bonds. The molecule has 0 bridgehead atoms. The highest BCUT2D eigenvalue weighted by Crippen LogP contribution is 2.30. The number of nitrogens with one attached hydrogen (secondary N) is 1. The van der Waals surface area contributed by atoms with Crippen molar-refractivity contribution in [1.82, 2.24) is 10.2 Å². The molecule has 108 valence electrons. The first-order chi connectivity index (χ1) is 8.97. The summed E-state index contributed by atoms with van der Waals surface area (Å²) in [4.78, 5) is 13.4. The second-order valence-corrected chi connectivity index (χ2v) is 4.72. The van der Waals surface area contributed by atoms with E-state index in [9.17, 15) is 18.0 Å². The normalized spacial score (nSPS) is 25.1. The Kier molecular flexibility index (Phi) is 4.46. The zero-order chi connectivity index (χ0) is 13.9. The second kappa shape index (κ2) is 5.92. The Morgan fingerprint density at radius 3 is 2.84 bits per heavy atom. The van der Waals surface area contributed by atoms with Crippen LogP contribution in [0.4, 0.5) is 13.2 Å². The average molecular weight is 278 g/mol. The molecule has 0 radical (unpaired) electrons. The van der Waals surface area contributed by atoms with Gasteiger partial charge in [-0.25, -0.2) is 0 Å². The Labute approximate surface area is 109 Å². The highest BCUT2D eigenvalue weighted by Gasteiger charge is 2.35. The van der Waals surface area contributed by atoms with Gasteiger partial charge < -0.3 is 15.0 Å². The van der Waals surface area contributed by atoms with E-state index in [2.05, 4.69) is 5.32 Å². The number of amides is 1. The third-order valence-electron chi connectivity index (χ3n) is 3.33. The van der Waals surface area contributed by atoms with Crippen molar-refractivity contribution in [1.29, 1.82) is 0 Å². The maximum absolute atomic E-state index is 12.4. The number of carbonyl (C=O) groups is 1. The number of ether oxygens (including phenoxy) is 1. The lowest BCUT2D eigenvalue weighted by molar-refractivity contribution is -0.135. The molecule has 1 fully saturated rings. The van der Waals surface area contributed by atoms with Crippen molar-refractivity contribution < 1.29 is 22.7 Å². The van der Waals surface area contributed by atoms with E-state index < -0.39 is 11.7 Å². The Balaban J connectivity index is 1.83. The average Bonchev–Trinajstić information content (AvgIpc) is 2.39. The van der Waals surface area contributed by atoms with E-state index in [1.54, 1.807) is 0 Å². The van der Waals surface area contributed by atoms with Gasteiger partial charge in [0, 0.05) is 31.8 Å². The molecule has 0 spiro atoms. The molecule has 0 aromatic heterocycles. The van der Waals surface area contributed by atoms with Gasteiger partial charge >= 0.3 is 6.18 Å². The van der Waals surface area contributed by atoms with Crippen LogP contribution in [0.15, 0.2) is 11.6 Å². The predicted octanol–water partition coefficient (Wildman–Crippen LogP) is 1.09. The fourth-order valence-corrected chi connectivity index (χ4v) is 2.23. The standard InChI is InChI=1S/C12H17F3N2O2/c13-12(14,15)9-1-4-17(5-2-9)11(18)7-10-8-16-3-6-19-10/h1,10,16H,2-8H2. The van der Waals surface area contributed by atoms with Crippen molar-refractivity contribution in [2.75, 3.05) is 32.8 Å². The summed E-state index contributed by atoms with van der Waals surface area (Å²) in [5.74, 6) is -0.147. The van der Waals surface area contributed by atoms with Gasteiger partial charge in [0.1, 0.15) is 0 Å². The maximum Gasteiger partial charge on any atom is 0.412 e. The molecule has 1 saturated heterocycles. The van der Waals surface area contributed by atoms with E-state index in [0.29, 0.717) is 13.2 Å². The molecule has 1 N–H and O–H groups in total. The SMILES string of the molecule is O=C(CC1CNCCO1)N1CC=C(C(F)(F)F)CC1. The number of hydrogen-bond donors (Lipinski definition) is 1. The van der Waals surface area contributed by atoms with Crippen molar-refractivity contribution in [3.8, 4) is 0 Å². The highest BCUT2D eigenvalue weighted by molar-refractivity contribution is 5.77. The summed E-state index contributed by atoms with van der Waals surface area (Å²) in [5.41, 5.74) is -0.535. The summed E-state index contributed by atoms with van der Waals surface area (Å²) < 4.78 is 42.7. The zero-order valence-electron chi connectivity index (χ0n) is 10.5. The number of carbonyl (C=O) groups excluding carboxylic acids is 1.